The van der Waals surface area contributed by atoms with Gasteiger partial charge in [-0.15, -0.1) is 0 Å². The summed E-state index contributed by atoms with van der Waals surface area (Å²) in [5.41, 5.74) is -0.513. The normalized spacial score (nSPS) is 21.8. The molecule has 0 aliphatic carbocycles. The smallest absolute Gasteiger partial charge is 0.426 e. The van der Waals surface area contributed by atoms with Gasteiger partial charge in [0.15, 0.2) is 0 Å². The highest BCUT2D eigenvalue weighted by molar-refractivity contribution is 6.31. The number of β-amino-alcohol motifs (C(OH)–C–C–N with tert-alkyl or cyclic N) is 1. The highest BCUT2D eigenvalue weighted by Crippen LogP contribution is 2.35. The Balaban J connectivity index is 2.42. The van der Waals surface area contributed by atoms with Crippen LogP contribution in [0.25, 0.3) is 0 Å². The lowest BCUT2D eigenvalue weighted by molar-refractivity contribution is -0.166. The summed E-state index contributed by atoms with van der Waals surface area (Å²) in [6.07, 6.45) is -2.12. The number of carbonyl (C=O) groups excluding carboxylic acids is 1. The van der Waals surface area contributed by atoms with Gasteiger partial charge in [-0.1, -0.05) is 17.7 Å². The summed E-state index contributed by atoms with van der Waals surface area (Å²) in [6, 6.07) is 3.66. The maximum absolute atomic E-state index is 13.2. The van der Waals surface area contributed by atoms with E-state index >= 15 is 0 Å². The third kappa shape index (κ3) is 3.62. The van der Waals surface area contributed by atoms with E-state index in [4.69, 9.17) is 11.6 Å². The van der Waals surface area contributed by atoms with Gasteiger partial charge in [0.25, 0.3) is 0 Å². The number of benzene rings is 1. The molecule has 1 fully saturated rings. The zero-order valence-corrected chi connectivity index (χ0v) is 14.4. The van der Waals surface area contributed by atoms with Gasteiger partial charge in [-0.25, -0.2) is 19.2 Å². The molecule has 8 heteroatoms. The second kappa shape index (κ2) is 6.57. The van der Waals surface area contributed by atoms with Crippen LogP contribution in [0, 0.1) is 5.82 Å². The molecule has 2 atom stereocenters. The number of amides is 2. The predicted octanol–water partition coefficient (Wildman–Crippen LogP) is 2.85. The Bertz CT molecular complexity index is 662. The largest absolute Gasteiger partial charge is 0.464 e. The molecule has 2 N–H and O–H groups in total. The van der Waals surface area contributed by atoms with E-state index in [1.165, 1.54) is 12.1 Å². The molecule has 0 aromatic heterocycles. The number of hydrazine groups is 1. The number of halogens is 2. The Hall–Kier alpha value is -1.86. The summed E-state index contributed by atoms with van der Waals surface area (Å²) in [5, 5.41) is 21.6. The van der Waals surface area contributed by atoms with E-state index < -0.39 is 35.4 Å². The minimum Gasteiger partial charge on any atom is -0.464 e. The van der Waals surface area contributed by atoms with Gasteiger partial charge in [-0.2, -0.15) is 0 Å². The van der Waals surface area contributed by atoms with Crippen molar-refractivity contribution in [2.24, 2.45) is 0 Å². The molecule has 6 nitrogen and oxygen atoms in total. The standard InChI is InChI=1S/C16H20ClFN2O4/c1-16(2,3)20(15(23)24)19-8-10(21)7-12(14(19)22)11-5-4-9(18)6-13(11)17/h4-6,10,12,21H,7-8H2,1-3H3,(H,23,24). The van der Waals surface area contributed by atoms with E-state index in [1.807, 2.05) is 0 Å². The molecule has 1 aromatic rings. The van der Waals surface area contributed by atoms with Crippen LogP contribution in [0.15, 0.2) is 18.2 Å². The van der Waals surface area contributed by atoms with E-state index in [0.717, 1.165) is 16.1 Å². The molecule has 1 aliphatic heterocycles. The summed E-state index contributed by atoms with van der Waals surface area (Å²) in [5.74, 6) is -1.87. The molecule has 2 rings (SSSR count). The highest BCUT2D eigenvalue weighted by Gasteiger charge is 2.43. The lowest BCUT2D eigenvalue weighted by Crippen LogP contribution is -2.62. The first-order valence-corrected chi connectivity index (χ1v) is 7.87. The van der Waals surface area contributed by atoms with Crippen LogP contribution in [0.3, 0.4) is 0 Å². The number of piperidine rings is 1. The summed E-state index contributed by atoms with van der Waals surface area (Å²) in [6.45, 7) is 4.82. The number of carbonyl (C=O) groups is 2. The van der Waals surface area contributed by atoms with Crippen molar-refractivity contribution in [3.8, 4) is 0 Å². The number of aliphatic hydroxyl groups is 1. The molecule has 1 aromatic carbocycles. The highest BCUT2D eigenvalue weighted by atomic mass is 35.5. The van der Waals surface area contributed by atoms with Crippen molar-refractivity contribution >= 4 is 23.6 Å². The van der Waals surface area contributed by atoms with Gasteiger partial charge < -0.3 is 10.2 Å². The van der Waals surface area contributed by atoms with E-state index in [2.05, 4.69) is 0 Å². The quantitative estimate of drug-likeness (QED) is 0.851. The van der Waals surface area contributed by atoms with Crippen LogP contribution < -0.4 is 0 Å². The molecule has 0 saturated carbocycles. The summed E-state index contributed by atoms with van der Waals surface area (Å²) < 4.78 is 13.2. The van der Waals surface area contributed by atoms with E-state index in [1.54, 1.807) is 20.8 Å². The molecular formula is C16H20ClFN2O4. The van der Waals surface area contributed by atoms with Crippen LogP contribution in [0.4, 0.5) is 9.18 Å². The van der Waals surface area contributed by atoms with Crippen molar-refractivity contribution in [1.29, 1.82) is 0 Å². The zero-order valence-electron chi connectivity index (χ0n) is 13.7. The topological polar surface area (TPSA) is 81.1 Å². The molecule has 1 aliphatic rings. The van der Waals surface area contributed by atoms with Gasteiger partial charge in [0, 0.05) is 5.02 Å². The minimum absolute atomic E-state index is 0.0695. The molecule has 1 saturated heterocycles. The van der Waals surface area contributed by atoms with Crippen LogP contribution in [-0.2, 0) is 4.79 Å². The van der Waals surface area contributed by atoms with Gasteiger partial charge in [-0.3, -0.25) is 4.79 Å². The lowest BCUT2D eigenvalue weighted by Gasteiger charge is -2.46. The van der Waals surface area contributed by atoms with E-state index in [0.29, 0.717) is 5.56 Å². The third-order valence-corrected chi connectivity index (χ3v) is 4.17. The Morgan fingerprint density at radius 2 is 2.04 bits per heavy atom. The molecule has 0 bridgehead atoms. The molecule has 0 spiro atoms. The van der Waals surface area contributed by atoms with Gasteiger partial charge in [0.1, 0.15) is 5.82 Å². The maximum Gasteiger partial charge on any atom is 0.426 e. The first-order valence-electron chi connectivity index (χ1n) is 7.50. The van der Waals surface area contributed by atoms with Gasteiger partial charge in [-0.05, 0) is 44.9 Å². The second-order valence-electron chi connectivity index (χ2n) is 6.79. The first kappa shape index (κ1) is 18.5. The van der Waals surface area contributed by atoms with Crippen LogP contribution in [-0.4, -0.2) is 50.4 Å². The monoisotopic (exact) mass is 358 g/mol. The van der Waals surface area contributed by atoms with E-state index in [9.17, 15) is 24.2 Å². The summed E-state index contributed by atoms with van der Waals surface area (Å²) in [7, 11) is 0. The molecule has 1 heterocycles. The number of hydrogen-bond donors (Lipinski definition) is 2. The van der Waals surface area contributed by atoms with E-state index in [-0.39, 0.29) is 18.0 Å². The number of nitrogens with zero attached hydrogens (tertiary/aromatic N) is 2. The molecule has 24 heavy (non-hydrogen) atoms. The average Bonchev–Trinajstić information content (AvgIpc) is 2.41. The molecule has 2 unspecified atom stereocenters. The molecule has 132 valence electrons. The van der Waals surface area contributed by atoms with Crippen LogP contribution >= 0.6 is 11.6 Å². The van der Waals surface area contributed by atoms with Gasteiger partial charge in [0.2, 0.25) is 5.91 Å². The van der Waals surface area contributed by atoms with Crippen molar-refractivity contribution in [2.75, 3.05) is 6.54 Å². The fourth-order valence-corrected chi connectivity index (χ4v) is 3.19. The van der Waals surface area contributed by atoms with Crippen LogP contribution in [0.1, 0.15) is 38.7 Å². The number of hydrogen-bond acceptors (Lipinski definition) is 3. The Labute approximate surface area is 144 Å². The minimum atomic E-state index is -1.30. The number of aliphatic hydroxyl groups excluding tert-OH is 1. The van der Waals surface area contributed by atoms with Crippen molar-refractivity contribution in [2.45, 2.75) is 44.8 Å². The predicted molar refractivity (Wildman–Crippen MR) is 86.1 cm³/mol. The molecule has 2 amide bonds. The molecular weight excluding hydrogens is 339 g/mol. The van der Waals surface area contributed by atoms with Gasteiger partial charge in [0.05, 0.1) is 24.1 Å². The Morgan fingerprint density at radius 1 is 1.42 bits per heavy atom. The van der Waals surface area contributed by atoms with Crippen LogP contribution in [0.5, 0.6) is 0 Å². The second-order valence-corrected chi connectivity index (χ2v) is 7.20. The van der Waals surface area contributed by atoms with Crippen molar-refractivity contribution < 1.29 is 24.2 Å². The Morgan fingerprint density at radius 3 is 2.54 bits per heavy atom. The number of carboxylic acid groups (broad SMARTS) is 1. The summed E-state index contributed by atoms with van der Waals surface area (Å²) in [4.78, 5) is 24.5. The Kier molecular flexibility index (Phi) is 5.05. The lowest BCUT2D eigenvalue weighted by atomic mass is 9.88. The average molecular weight is 359 g/mol. The van der Waals surface area contributed by atoms with Gasteiger partial charge >= 0.3 is 6.09 Å². The SMILES string of the molecule is CC(C)(C)N(C(=O)O)N1CC(O)CC(c2ccc(F)cc2Cl)C1=O. The number of rotatable bonds is 2. The zero-order chi connectivity index (χ0) is 18.2. The fraction of sp³-hybridized carbons (Fsp3) is 0.500. The van der Waals surface area contributed by atoms with Crippen molar-refractivity contribution in [3.63, 3.8) is 0 Å². The first-order chi connectivity index (χ1) is 11.0. The van der Waals surface area contributed by atoms with Crippen molar-refractivity contribution in [1.82, 2.24) is 10.0 Å². The summed E-state index contributed by atoms with van der Waals surface area (Å²) >= 11 is 6.03. The van der Waals surface area contributed by atoms with Crippen LogP contribution in [0.2, 0.25) is 5.02 Å². The van der Waals surface area contributed by atoms with Crippen molar-refractivity contribution in [3.05, 3.63) is 34.6 Å². The third-order valence-electron chi connectivity index (χ3n) is 3.84. The maximum atomic E-state index is 13.2. The molecule has 0 radical (unpaired) electrons. The fourth-order valence-electron chi connectivity index (χ4n) is 2.89.